The summed E-state index contributed by atoms with van der Waals surface area (Å²) in [5.74, 6) is -0.201. The maximum Gasteiger partial charge on any atom is 0.350 e. The zero-order chi connectivity index (χ0) is 14.3. The molecule has 7 heteroatoms. The van der Waals surface area contributed by atoms with Gasteiger partial charge in [-0.25, -0.2) is 9.48 Å². The second-order valence-corrected chi connectivity index (χ2v) is 5.43. The normalized spacial score (nSPS) is 22.6. The first-order valence-corrected chi connectivity index (χ1v) is 6.51. The van der Waals surface area contributed by atoms with Gasteiger partial charge in [0.15, 0.2) is 5.65 Å². The molecule has 0 bridgehead atoms. The Morgan fingerprint density at radius 3 is 2.95 bits per heavy atom. The Labute approximate surface area is 115 Å². The number of aromatic nitrogens is 3. The molecular formula is C13H16N4O3. The van der Waals surface area contributed by atoms with E-state index in [-0.39, 0.29) is 18.1 Å². The molecule has 2 aromatic heterocycles. The van der Waals surface area contributed by atoms with Gasteiger partial charge in [-0.15, -0.1) is 5.10 Å². The molecule has 0 aliphatic carbocycles. The van der Waals surface area contributed by atoms with Crippen molar-refractivity contribution in [1.82, 2.24) is 19.1 Å². The van der Waals surface area contributed by atoms with Crippen LogP contribution >= 0.6 is 0 Å². The topological polar surface area (TPSA) is 79.8 Å². The van der Waals surface area contributed by atoms with E-state index in [9.17, 15) is 14.7 Å². The maximum absolute atomic E-state index is 12.1. The maximum atomic E-state index is 12.1. The number of rotatable bonds is 2. The zero-order valence-corrected chi connectivity index (χ0v) is 11.2. The molecule has 1 unspecified atom stereocenters. The summed E-state index contributed by atoms with van der Waals surface area (Å²) in [6.45, 7) is 2.41. The summed E-state index contributed by atoms with van der Waals surface area (Å²) in [6.07, 6.45) is 2.17. The van der Waals surface area contributed by atoms with Gasteiger partial charge in [-0.2, -0.15) is 0 Å². The third-order valence-electron chi connectivity index (χ3n) is 3.58. The minimum atomic E-state index is -0.834. The Balaban J connectivity index is 1.82. The highest BCUT2D eigenvalue weighted by Crippen LogP contribution is 2.20. The molecule has 106 valence electrons. The molecule has 1 atom stereocenters. The Hall–Kier alpha value is -2.15. The summed E-state index contributed by atoms with van der Waals surface area (Å²) < 4.78 is 2.55. The van der Waals surface area contributed by atoms with Gasteiger partial charge in [0.1, 0.15) is 6.54 Å². The van der Waals surface area contributed by atoms with Crippen LogP contribution in [0.1, 0.15) is 13.3 Å². The second-order valence-electron chi connectivity index (χ2n) is 5.43. The van der Waals surface area contributed by atoms with Crippen molar-refractivity contribution >= 4 is 11.6 Å². The van der Waals surface area contributed by atoms with Crippen LogP contribution < -0.4 is 5.69 Å². The molecule has 2 aromatic rings. The van der Waals surface area contributed by atoms with Gasteiger partial charge in [0, 0.05) is 19.3 Å². The van der Waals surface area contributed by atoms with Crippen LogP contribution in [-0.2, 0) is 11.3 Å². The molecule has 0 aromatic carbocycles. The summed E-state index contributed by atoms with van der Waals surface area (Å²) in [5.41, 5.74) is -0.655. The van der Waals surface area contributed by atoms with Crippen LogP contribution in [0.25, 0.3) is 5.65 Å². The van der Waals surface area contributed by atoms with E-state index in [2.05, 4.69) is 5.10 Å². The molecule has 1 amide bonds. The molecule has 3 rings (SSSR count). The third kappa shape index (κ3) is 2.20. The lowest BCUT2D eigenvalue weighted by Gasteiger charge is -2.18. The highest BCUT2D eigenvalue weighted by Gasteiger charge is 2.34. The number of β-amino-alcohol motifs (C(OH)–C–C–N with tert-alkyl or cyclic N) is 1. The standard InChI is InChI=1S/C13H16N4O3/c1-13(20)5-7-15(9-13)11(18)8-17-12(19)16-6-3-2-4-10(16)14-17/h2-4,6,20H,5,7-9H2,1H3. The van der Waals surface area contributed by atoms with Gasteiger partial charge in [-0.3, -0.25) is 9.20 Å². The molecule has 1 fully saturated rings. The SMILES string of the molecule is CC1(O)CCN(C(=O)Cn2nc3ccccn3c2=O)C1. The largest absolute Gasteiger partial charge is 0.388 e. The van der Waals surface area contributed by atoms with Gasteiger partial charge in [-0.1, -0.05) is 6.07 Å². The van der Waals surface area contributed by atoms with Crippen molar-refractivity contribution in [3.05, 3.63) is 34.9 Å². The number of likely N-dealkylation sites (tertiary alicyclic amines) is 1. The number of nitrogens with zero attached hydrogens (tertiary/aromatic N) is 4. The van der Waals surface area contributed by atoms with Crippen LogP contribution in [0.2, 0.25) is 0 Å². The number of hydrogen-bond donors (Lipinski definition) is 1. The van der Waals surface area contributed by atoms with Crippen LogP contribution in [0, 0.1) is 0 Å². The molecule has 0 radical (unpaired) electrons. The lowest BCUT2D eigenvalue weighted by atomic mass is 10.1. The van der Waals surface area contributed by atoms with Crippen molar-refractivity contribution in [3.63, 3.8) is 0 Å². The number of carbonyl (C=O) groups is 1. The van der Waals surface area contributed by atoms with E-state index in [1.54, 1.807) is 36.2 Å². The molecule has 3 heterocycles. The van der Waals surface area contributed by atoms with Crippen LogP contribution in [-0.4, -0.2) is 48.8 Å². The minimum Gasteiger partial charge on any atom is -0.388 e. The first-order chi connectivity index (χ1) is 9.46. The molecule has 0 saturated carbocycles. The molecule has 1 saturated heterocycles. The van der Waals surface area contributed by atoms with Gasteiger partial charge in [-0.05, 0) is 25.5 Å². The van der Waals surface area contributed by atoms with Crippen LogP contribution in [0.3, 0.4) is 0 Å². The second kappa shape index (κ2) is 4.45. The fourth-order valence-electron chi connectivity index (χ4n) is 2.46. The number of pyridine rings is 1. The van der Waals surface area contributed by atoms with E-state index in [1.165, 1.54) is 4.40 Å². The molecule has 20 heavy (non-hydrogen) atoms. The Morgan fingerprint density at radius 2 is 2.30 bits per heavy atom. The summed E-state index contributed by atoms with van der Waals surface area (Å²) >= 11 is 0. The highest BCUT2D eigenvalue weighted by atomic mass is 16.3. The third-order valence-corrected chi connectivity index (χ3v) is 3.58. The monoisotopic (exact) mass is 276 g/mol. The van der Waals surface area contributed by atoms with Gasteiger partial charge in [0.25, 0.3) is 0 Å². The van der Waals surface area contributed by atoms with Gasteiger partial charge < -0.3 is 10.0 Å². The van der Waals surface area contributed by atoms with E-state index in [0.717, 1.165) is 4.68 Å². The smallest absolute Gasteiger partial charge is 0.350 e. The Kier molecular flexibility index (Phi) is 2.86. The Bertz CT molecular complexity index is 716. The van der Waals surface area contributed by atoms with Gasteiger partial charge in [0.05, 0.1) is 5.60 Å². The number of amides is 1. The number of carbonyl (C=O) groups excluding carboxylic acids is 1. The molecule has 1 aliphatic rings. The highest BCUT2D eigenvalue weighted by molar-refractivity contribution is 5.76. The lowest BCUT2D eigenvalue weighted by molar-refractivity contribution is -0.131. The van der Waals surface area contributed by atoms with Crippen LogP contribution in [0.4, 0.5) is 0 Å². The van der Waals surface area contributed by atoms with Crippen molar-refractivity contribution in [1.29, 1.82) is 0 Å². The van der Waals surface area contributed by atoms with E-state index >= 15 is 0 Å². The van der Waals surface area contributed by atoms with Crippen LogP contribution in [0.5, 0.6) is 0 Å². The fraction of sp³-hybridized carbons (Fsp3) is 0.462. The summed E-state index contributed by atoms with van der Waals surface area (Å²) in [7, 11) is 0. The van der Waals surface area contributed by atoms with Gasteiger partial charge in [0.2, 0.25) is 5.91 Å². The van der Waals surface area contributed by atoms with Crippen molar-refractivity contribution in [2.75, 3.05) is 13.1 Å². The van der Waals surface area contributed by atoms with Crippen molar-refractivity contribution in [2.45, 2.75) is 25.5 Å². The minimum absolute atomic E-state index is 0.101. The summed E-state index contributed by atoms with van der Waals surface area (Å²) in [5, 5.41) is 14.0. The number of aliphatic hydroxyl groups is 1. The average Bonchev–Trinajstić information content (AvgIpc) is 2.92. The quantitative estimate of drug-likeness (QED) is 0.800. The van der Waals surface area contributed by atoms with E-state index in [4.69, 9.17) is 0 Å². The van der Waals surface area contributed by atoms with E-state index < -0.39 is 5.60 Å². The first-order valence-electron chi connectivity index (χ1n) is 6.51. The lowest BCUT2D eigenvalue weighted by Crippen LogP contribution is -2.38. The van der Waals surface area contributed by atoms with Crippen LogP contribution in [0.15, 0.2) is 29.2 Å². The van der Waals surface area contributed by atoms with E-state index in [1.807, 2.05) is 0 Å². The van der Waals surface area contributed by atoms with Crippen molar-refractivity contribution in [3.8, 4) is 0 Å². The predicted molar refractivity (Wildman–Crippen MR) is 71.3 cm³/mol. The summed E-state index contributed by atoms with van der Waals surface area (Å²) in [6, 6.07) is 5.23. The molecule has 1 aliphatic heterocycles. The number of hydrogen-bond acceptors (Lipinski definition) is 4. The molecular weight excluding hydrogens is 260 g/mol. The summed E-state index contributed by atoms with van der Waals surface area (Å²) in [4.78, 5) is 25.8. The van der Waals surface area contributed by atoms with Gasteiger partial charge >= 0.3 is 5.69 Å². The van der Waals surface area contributed by atoms with E-state index in [0.29, 0.717) is 25.2 Å². The Morgan fingerprint density at radius 1 is 1.50 bits per heavy atom. The zero-order valence-electron chi connectivity index (χ0n) is 11.2. The number of fused-ring (bicyclic) bond motifs is 1. The fourth-order valence-corrected chi connectivity index (χ4v) is 2.46. The predicted octanol–water partition coefficient (Wildman–Crippen LogP) is -0.521. The molecule has 1 N–H and O–H groups in total. The molecule has 0 spiro atoms. The van der Waals surface area contributed by atoms with Crippen molar-refractivity contribution < 1.29 is 9.90 Å². The van der Waals surface area contributed by atoms with Crippen molar-refractivity contribution in [2.24, 2.45) is 0 Å². The first kappa shape index (κ1) is 12.9. The average molecular weight is 276 g/mol. The molecule has 7 nitrogen and oxygen atoms in total.